The number of nitrogens with zero attached hydrogens (tertiary/aromatic N) is 4. The predicted octanol–water partition coefficient (Wildman–Crippen LogP) is 1.73. The molecule has 1 heterocycles. The Morgan fingerprint density at radius 3 is 2.65 bits per heavy atom. The van der Waals surface area contributed by atoms with Gasteiger partial charge < -0.3 is 14.8 Å². The first-order valence-corrected chi connectivity index (χ1v) is 8.67. The quantitative estimate of drug-likeness (QED) is 0.555. The zero-order valence-electron chi connectivity index (χ0n) is 12.5. The van der Waals surface area contributed by atoms with Gasteiger partial charge in [0.2, 0.25) is 0 Å². The van der Waals surface area contributed by atoms with Crippen LogP contribution in [-0.2, 0) is 0 Å². The summed E-state index contributed by atoms with van der Waals surface area (Å²) in [5, 5.41) is 13.5. The molecule has 0 radical (unpaired) electrons. The van der Waals surface area contributed by atoms with E-state index in [4.69, 9.17) is 0 Å². The van der Waals surface area contributed by atoms with Gasteiger partial charge in [-0.2, -0.15) is 0 Å². The molecule has 6 heteroatoms. The molecule has 0 bridgehead atoms. The second-order valence-corrected chi connectivity index (χ2v) is 7.18. The third kappa shape index (κ3) is 3.74. The van der Waals surface area contributed by atoms with Crippen LogP contribution in [0.15, 0.2) is 5.16 Å². The minimum atomic E-state index is 0.699. The van der Waals surface area contributed by atoms with E-state index in [0.717, 1.165) is 30.5 Å². The first kappa shape index (κ1) is 14.4. The van der Waals surface area contributed by atoms with Gasteiger partial charge in [-0.3, -0.25) is 0 Å². The summed E-state index contributed by atoms with van der Waals surface area (Å²) in [5.74, 6) is 3.04. The van der Waals surface area contributed by atoms with E-state index in [0.29, 0.717) is 12.0 Å². The van der Waals surface area contributed by atoms with Crippen LogP contribution in [0.3, 0.4) is 0 Å². The van der Waals surface area contributed by atoms with Gasteiger partial charge in [-0.15, -0.1) is 10.2 Å². The van der Waals surface area contributed by atoms with Gasteiger partial charge in [0, 0.05) is 37.3 Å². The molecule has 2 aliphatic carbocycles. The summed E-state index contributed by atoms with van der Waals surface area (Å²) in [6.45, 7) is 3.18. The molecule has 112 valence electrons. The molecule has 0 aromatic carbocycles. The molecule has 2 fully saturated rings. The minimum Gasteiger partial charge on any atom is -0.315 e. The number of hydrogen-bond acceptors (Lipinski definition) is 5. The van der Waals surface area contributed by atoms with Crippen LogP contribution < -0.4 is 5.32 Å². The van der Waals surface area contributed by atoms with Crippen molar-refractivity contribution in [3.05, 3.63) is 5.82 Å². The molecule has 0 amide bonds. The second-order valence-electron chi connectivity index (χ2n) is 6.12. The average molecular weight is 295 g/mol. The Hall–Kier alpha value is -0.590. The molecule has 3 rings (SSSR count). The zero-order chi connectivity index (χ0) is 13.9. The highest BCUT2D eigenvalue weighted by molar-refractivity contribution is 7.99. The van der Waals surface area contributed by atoms with Gasteiger partial charge >= 0.3 is 0 Å². The van der Waals surface area contributed by atoms with Crippen LogP contribution in [0.1, 0.15) is 43.5 Å². The van der Waals surface area contributed by atoms with Gasteiger partial charge in [0.25, 0.3) is 0 Å². The molecule has 0 atom stereocenters. The lowest BCUT2D eigenvalue weighted by Crippen LogP contribution is -2.28. The fourth-order valence-electron chi connectivity index (χ4n) is 2.32. The van der Waals surface area contributed by atoms with E-state index in [1.807, 2.05) is 11.8 Å². The van der Waals surface area contributed by atoms with Gasteiger partial charge in [0.1, 0.15) is 5.82 Å². The van der Waals surface area contributed by atoms with Crippen molar-refractivity contribution >= 4 is 11.8 Å². The minimum absolute atomic E-state index is 0.699. The van der Waals surface area contributed by atoms with E-state index in [-0.39, 0.29) is 0 Å². The van der Waals surface area contributed by atoms with E-state index in [9.17, 15) is 0 Å². The van der Waals surface area contributed by atoms with Crippen LogP contribution >= 0.6 is 11.8 Å². The van der Waals surface area contributed by atoms with Gasteiger partial charge in [-0.1, -0.05) is 11.8 Å². The molecule has 0 spiro atoms. The van der Waals surface area contributed by atoms with E-state index in [1.54, 1.807) is 0 Å². The van der Waals surface area contributed by atoms with E-state index < -0.39 is 0 Å². The summed E-state index contributed by atoms with van der Waals surface area (Å²) < 4.78 is 2.43. The Bertz CT molecular complexity index is 437. The number of aromatic nitrogens is 3. The molecule has 0 unspecified atom stereocenters. The lowest BCUT2D eigenvalue weighted by Gasteiger charge is -2.10. The SMILES string of the molecule is CN(C)CCNCCSc1nnc(C2CC2)n1C1CC1. The molecule has 0 saturated heterocycles. The van der Waals surface area contributed by atoms with Crippen molar-refractivity contribution in [1.82, 2.24) is 25.0 Å². The maximum Gasteiger partial charge on any atom is 0.191 e. The maximum atomic E-state index is 4.44. The summed E-state index contributed by atoms with van der Waals surface area (Å²) in [6.07, 6.45) is 5.24. The highest BCUT2D eigenvalue weighted by Crippen LogP contribution is 2.45. The standard InChI is InChI=1S/C14H25N5S/c1-18(2)9-7-15-8-10-20-14-17-16-13(11-3-4-11)19(14)12-5-6-12/h11-12,15H,3-10H2,1-2H3. The fraction of sp³-hybridized carbons (Fsp3) is 0.857. The molecule has 0 aliphatic heterocycles. The zero-order valence-corrected chi connectivity index (χ0v) is 13.3. The Labute approximate surface area is 125 Å². The average Bonchev–Trinajstić information content (AvgIpc) is 3.32. The van der Waals surface area contributed by atoms with Crippen molar-refractivity contribution in [2.45, 2.75) is 42.8 Å². The summed E-state index contributed by atoms with van der Waals surface area (Å²) in [6, 6.07) is 0.699. The van der Waals surface area contributed by atoms with Gasteiger partial charge in [-0.05, 0) is 39.8 Å². The first-order valence-electron chi connectivity index (χ1n) is 7.68. The lowest BCUT2D eigenvalue weighted by atomic mass is 10.4. The largest absolute Gasteiger partial charge is 0.315 e. The molecule has 1 aromatic heterocycles. The van der Waals surface area contributed by atoms with Crippen LogP contribution in [0.2, 0.25) is 0 Å². The third-order valence-corrected chi connectivity index (χ3v) is 4.74. The Morgan fingerprint density at radius 1 is 1.20 bits per heavy atom. The lowest BCUT2D eigenvalue weighted by molar-refractivity contribution is 0.403. The van der Waals surface area contributed by atoms with Crippen molar-refractivity contribution in [1.29, 1.82) is 0 Å². The van der Waals surface area contributed by atoms with Crippen LogP contribution in [0, 0.1) is 0 Å². The van der Waals surface area contributed by atoms with Crippen molar-refractivity contribution in [2.75, 3.05) is 39.5 Å². The molecule has 2 aliphatic rings. The molecule has 20 heavy (non-hydrogen) atoms. The Balaban J connectivity index is 1.45. The Kier molecular flexibility index (Phi) is 4.63. The predicted molar refractivity (Wildman–Crippen MR) is 82.4 cm³/mol. The summed E-state index contributed by atoms with van der Waals surface area (Å²) in [5.41, 5.74) is 0. The number of hydrogen-bond donors (Lipinski definition) is 1. The molecular formula is C14H25N5S. The molecule has 1 aromatic rings. The first-order chi connectivity index (χ1) is 9.75. The van der Waals surface area contributed by atoms with Gasteiger partial charge in [0.15, 0.2) is 5.16 Å². The van der Waals surface area contributed by atoms with Crippen LogP contribution in [0.5, 0.6) is 0 Å². The molecule has 1 N–H and O–H groups in total. The molecular weight excluding hydrogens is 270 g/mol. The fourth-order valence-corrected chi connectivity index (χ4v) is 3.23. The summed E-state index contributed by atoms with van der Waals surface area (Å²) in [4.78, 5) is 2.20. The smallest absolute Gasteiger partial charge is 0.191 e. The van der Waals surface area contributed by atoms with E-state index in [2.05, 4.69) is 39.1 Å². The molecule has 5 nitrogen and oxygen atoms in total. The number of thioether (sulfide) groups is 1. The Morgan fingerprint density at radius 2 is 2.00 bits per heavy atom. The number of likely N-dealkylation sites (N-methyl/N-ethyl adjacent to an activating group) is 1. The topological polar surface area (TPSA) is 46.0 Å². The van der Waals surface area contributed by atoms with Crippen molar-refractivity contribution in [3.63, 3.8) is 0 Å². The third-order valence-electron chi connectivity index (χ3n) is 3.79. The number of rotatable bonds is 9. The van der Waals surface area contributed by atoms with Crippen molar-refractivity contribution < 1.29 is 0 Å². The van der Waals surface area contributed by atoms with Gasteiger partial charge in [0.05, 0.1) is 0 Å². The monoisotopic (exact) mass is 295 g/mol. The summed E-state index contributed by atoms with van der Waals surface area (Å²) >= 11 is 1.85. The van der Waals surface area contributed by atoms with Crippen LogP contribution in [-0.4, -0.2) is 59.1 Å². The number of nitrogens with one attached hydrogen (secondary N) is 1. The maximum absolute atomic E-state index is 4.44. The van der Waals surface area contributed by atoms with Crippen LogP contribution in [0.4, 0.5) is 0 Å². The second kappa shape index (κ2) is 6.45. The van der Waals surface area contributed by atoms with Crippen molar-refractivity contribution in [2.24, 2.45) is 0 Å². The highest BCUT2D eigenvalue weighted by Gasteiger charge is 2.36. The normalized spacial score (nSPS) is 18.9. The van der Waals surface area contributed by atoms with E-state index >= 15 is 0 Å². The highest BCUT2D eigenvalue weighted by atomic mass is 32.2. The summed E-state index contributed by atoms with van der Waals surface area (Å²) in [7, 11) is 4.21. The molecule has 2 saturated carbocycles. The van der Waals surface area contributed by atoms with Crippen LogP contribution in [0.25, 0.3) is 0 Å². The van der Waals surface area contributed by atoms with Crippen molar-refractivity contribution in [3.8, 4) is 0 Å². The van der Waals surface area contributed by atoms with Gasteiger partial charge in [-0.25, -0.2) is 0 Å². The van der Waals surface area contributed by atoms with E-state index in [1.165, 1.54) is 31.5 Å².